The average molecular weight is 496 g/mol. The highest BCUT2D eigenvalue weighted by molar-refractivity contribution is 7.91. The number of sulfone groups is 1. The van der Waals surface area contributed by atoms with Crippen LogP contribution >= 0.6 is 0 Å². The summed E-state index contributed by atoms with van der Waals surface area (Å²) >= 11 is 0. The minimum Gasteiger partial charge on any atom is -0.569 e. The van der Waals surface area contributed by atoms with E-state index < -0.39 is 76.8 Å². The first kappa shape index (κ1) is 27.8. The fourth-order valence-electron chi connectivity index (χ4n) is 2.66. The first-order chi connectivity index (χ1) is 15.4. The van der Waals surface area contributed by atoms with Crippen LogP contribution in [0.1, 0.15) is 25.7 Å². The first-order valence-corrected chi connectivity index (χ1v) is 11.8. The van der Waals surface area contributed by atoms with Crippen LogP contribution in [0.3, 0.4) is 0 Å². The Balaban J connectivity index is 2.67. The van der Waals surface area contributed by atoms with Gasteiger partial charge in [-0.15, -0.1) is 5.01 Å². The molecule has 0 aromatic carbocycles. The zero-order valence-corrected chi connectivity index (χ0v) is 18.5. The molecule has 0 aromatic rings. The molecule has 2 atom stereocenters. The molecule has 1 saturated heterocycles. The Kier molecular flexibility index (Phi) is 11.3. The predicted octanol–water partition coefficient (Wildman–Crippen LogP) is -2.82. The number of hydrogen-bond acceptors (Lipinski definition) is 10. The Labute approximate surface area is 189 Å². The molecular weight excluding hydrogens is 468 g/mol. The number of hydrogen-bond donors (Lipinski definition) is 5. The second-order valence-electron chi connectivity index (χ2n) is 7.16. The summed E-state index contributed by atoms with van der Waals surface area (Å²) in [5.74, 6) is -6.19. The van der Waals surface area contributed by atoms with Gasteiger partial charge < -0.3 is 36.6 Å². The summed E-state index contributed by atoms with van der Waals surface area (Å²) in [6, 6.07) is -2.98. The molecule has 1 heterocycles. The third-order valence-corrected chi connectivity index (χ3v) is 6.05. The molecule has 1 aliphatic heterocycles. The van der Waals surface area contributed by atoms with Crippen LogP contribution in [-0.2, 0) is 33.9 Å². The van der Waals surface area contributed by atoms with Gasteiger partial charge in [0.05, 0.1) is 29.6 Å². The van der Waals surface area contributed by atoms with E-state index in [9.17, 15) is 32.8 Å². The van der Waals surface area contributed by atoms with E-state index in [0.29, 0.717) is 13.1 Å². The van der Waals surface area contributed by atoms with Crippen molar-refractivity contribution in [2.24, 2.45) is 11.0 Å². The van der Waals surface area contributed by atoms with Gasteiger partial charge in [0, 0.05) is 6.42 Å². The van der Waals surface area contributed by atoms with E-state index in [1.54, 1.807) is 0 Å². The van der Waals surface area contributed by atoms with Crippen molar-refractivity contribution in [3.8, 4) is 0 Å². The molecule has 0 aromatic heterocycles. The van der Waals surface area contributed by atoms with Crippen LogP contribution in [0, 0.1) is 5.21 Å². The van der Waals surface area contributed by atoms with Crippen molar-refractivity contribution < 1.29 is 47.6 Å². The number of nitrogens with one attached hydrogen (secondary N) is 2. The Morgan fingerprint density at radius 1 is 1.21 bits per heavy atom. The molecule has 0 radical (unpaired) electrons. The highest BCUT2D eigenvalue weighted by Crippen LogP contribution is 2.07. The Morgan fingerprint density at radius 2 is 1.85 bits per heavy atom. The highest BCUT2D eigenvalue weighted by atomic mass is 32.2. The van der Waals surface area contributed by atoms with Crippen LogP contribution in [0.15, 0.2) is 5.28 Å². The van der Waals surface area contributed by atoms with Crippen LogP contribution in [0.5, 0.6) is 0 Å². The number of carbonyl (C=O) groups is 4. The van der Waals surface area contributed by atoms with E-state index in [2.05, 4.69) is 10.6 Å². The van der Waals surface area contributed by atoms with E-state index in [1.807, 2.05) is 5.32 Å². The van der Waals surface area contributed by atoms with Gasteiger partial charge in [0.15, 0.2) is 9.84 Å². The smallest absolute Gasteiger partial charge is 0.322 e. The summed E-state index contributed by atoms with van der Waals surface area (Å²) < 4.78 is 24.7. The Hall–Kier alpha value is -3.21. The van der Waals surface area contributed by atoms with E-state index in [4.69, 9.17) is 20.8 Å². The van der Waals surface area contributed by atoms with Gasteiger partial charge in [-0.3, -0.25) is 19.2 Å². The number of carbonyl (C=O) groups excluding carboxylic acids is 2. The summed E-state index contributed by atoms with van der Waals surface area (Å²) in [5.41, 5.74) is 5.30. The Morgan fingerprint density at radius 3 is 2.42 bits per heavy atom. The second kappa shape index (κ2) is 13.4. The number of nitrogens with zero attached hydrogens (tertiary/aromatic N) is 3. The monoisotopic (exact) mass is 496 g/mol. The number of rotatable bonds is 15. The van der Waals surface area contributed by atoms with Gasteiger partial charge in [-0.1, -0.05) is 0 Å². The molecule has 188 valence electrons. The lowest BCUT2D eigenvalue weighted by Gasteiger charge is -2.18. The number of amides is 2. The van der Waals surface area contributed by atoms with Crippen molar-refractivity contribution in [2.75, 3.05) is 37.7 Å². The molecule has 0 aliphatic carbocycles. The molecule has 0 bridgehead atoms. The third kappa shape index (κ3) is 11.3. The lowest BCUT2D eigenvalue weighted by atomic mass is 10.1. The summed E-state index contributed by atoms with van der Waals surface area (Å²) in [6.45, 7) is -0.315. The van der Waals surface area contributed by atoms with Crippen LogP contribution in [-0.4, -0.2) is 102 Å². The first-order valence-electron chi connectivity index (χ1n) is 9.94. The number of nitrogens with two attached hydrogens (primary N) is 1. The van der Waals surface area contributed by atoms with Crippen molar-refractivity contribution in [3.63, 3.8) is 0 Å². The van der Waals surface area contributed by atoms with Crippen LogP contribution in [0.4, 0.5) is 0 Å². The molecule has 0 unspecified atom stereocenters. The predicted molar refractivity (Wildman–Crippen MR) is 109 cm³/mol. The Bertz CT molecular complexity index is 843. The average Bonchev–Trinajstić information content (AvgIpc) is 3.27. The SMILES string of the molecule is N[C@@H](CCC(=O)N[C@@H](CS(=O)(=O)CCO/N=[N+](/[O-])N1CCCC1)C(=O)NCC(=O)O)C(=O)O. The fourth-order valence-corrected chi connectivity index (χ4v) is 3.90. The largest absolute Gasteiger partial charge is 0.569 e. The maximum atomic E-state index is 12.4. The molecule has 0 saturated carbocycles. The molecule has 6 N–H and O–H groups in total. The van der Waals surface area contributed by atoms with E-state index >= 15 is 0 Å². The van der Waals surface area contributed by atoms with Crippen molar-refractivity contribution in [3.05, 3.63) is 5.21 Å². The maximum absolute atomic E-state index is 12.4. The van der Waals surface area contributed by atoms with E-state index in [-0.39, 0.29) is 11.4 Å². The minimum atomic E-state index is -4.03. The lowest BCUT2D eigenvalue weighted by Crippen LogP contribution is -2.51. The summed E-state index contributed by atoms with van der Waals surface area (Å²) in [7, 11) is -4.03. The van der Waals surface area contributed by atoms with Gasteiger partial charge in [0.2, 0.25) is 17.1 Å². The maximum Gasteiger partial charge on any atom is 0.322 e. The van der Waals surface area contributed by atoms with Gasteiger partial charge in [-0.05, 0) is 19.3 Å². The van der Waals surface area contributed by atoms with Crippen LogP contribution in [0.2, 0.25) is 0 Å². The van der Waals surface area contributed by atoms with Crippen molar-refractivity contribution in [2.45, 2.75) is 37.8 Å². The third-order valence-electron chi connectivity index (χ3n) is 4.42. The summed E-state index contributed by atoms with van der Waals surface area (Å²) in [6.07, 6.45) is 0.966. The van der Waals surface area contributed by atoms with Gasteiger partial charge >= 0.3 is 11.9 Å². The molecule has 1 aliphatic rings. The molecule has 17 heteroatoms. The molecule has 1 fully saturated rings. The molecule has 33 heavy (non-hydrogen) atoms. The van der Waals surface area contributed by atoms with Gasteiger partial charge in [-0.25, -0.2) is 8.42 Å². The van der Waals surface area contributed by atoms with Crippen LogP contribution in [0.25, 0.3) is 0 Å². The van der Waals surface area contributed by atoms with E-state index in [0.717, 1.165) is 12.8 Å². The van der Waals surface area contributed by atoms with Crippen molar-refractivity contribution in [1.29, 1.82) is 0 Å². The van der Waals surface area contributed by atoms with Crippen LogP contribution < -0.4 is 16.4 Å². The standard InChI is InChI=1S/C16H28N6O10S/c17-11(16(27)28)3-4-13(23)19-12(15(26)18-9-14(24)25)10-33(30,31)8-7-32-20-22(29)21-5-1-2-6-21/h11-12H,1-10,17H2,(H,18,26)(H,19,23)(H,24,25)(H,27,28)/b22-20+/t11-,12-/m0/s1. The fraction of sp³-hybridized carbons (Fsp3) is 0.750. The lowest BCUT2D eigenvalue weighted by molar-refractivity contribution is -0.707. The molecular formula is C16H28N6O10S. The number of carboxylic acids is 2. The normalized spacial score (nSPS) is 16.0. The van der Waals surface area contributed by atoms with Gasteiger partial charge in [-0.2, -0.15) is 0 Å². The second-order valence-corrected chi connectivity index (χ2v) is 9.39. The van der Waals surface area contributed by atoms with Gasteiger partial charge in [0.25, 0.3) is 0 Å². The van der Waals surface area contributed by atoms with Gasteiger partial charge in [0.1, 0.15) is 25.2 Å². The van der Waals surface area contributed by atoms with Crippen molar-refractivity contribution >= 4 is 33.6 Å². The molecule has 0 spiro atoms. The number of hydrazine groups is 1. The summed E-state index contributed by atoms with van der Waals surface area (Å²) in [4.78, 5) is 50.5. The topological polar surface area (TPSA) is 244 Å². The minimum absolute atomic E-state index is 0.226. The molecule has 2 amide bonds. The zero-order valence-electron chi connectivity index (χ0n) is 17.7. The zero-order chi connectivity index (χ0) is 25.0. The number of carboxylic acid groups (broad SMARTS) is 2. The van der Waals surface area contributed by atoms with E-state index in [1.165, 1.54) is 5.01 Å². The number of aliphatic carboxylic acids is 2. The van der Waals surface area contributed by atoms with Crippen molar-refractivity contribution in [1.82, 2.24) is 15.6 Å². The quantitative estimate of drug-likeness (QED) is 0.0667. The summed E-state index contributed by atoms with van der Waals surface area (Å²) in [5, 5.41) is 37.8. The highest BCUT2D eigenvalue weighted by Gasteiger charge is 2.28. The molecule has 16 nitrogen and oxygen atoms in total. The molecule has 1 rings (SSSR count).